The van der Waals surface area contributed by atoms with Crippen molar-refractivity contribution in [1.82, 2.24) is 34.9 Å². The molecule has 298 valence electrons. The second-order valence-corrected chi connectivity index (χ2v) is 16.9. The molecule has 1 fully saturated rings. The Balaban J connectivity index is 0.899. The number of nitrogens with one attached hydrogen (secondary N) is 1. The van der Waals surface area contributed by atoms with E-state index in [-0.39, 0.29) is 24.7 Å². The van der Waals surface area contributed by atoms with E-state index < -0.39 is 18.6 Å². The molecule has 3 aromatic carbocycles. The number of carbonyl (C=O) groups is 3. The summed E-state index contributed by atoms with van der Waals surface area (Å²) in [7, 11) is 0. The van der Waals surface area contributed by atoms with Gasteiger partial charge in [0.15, 0.2) is 5.82 Å². The largest absolute Gasteiger partial charge is 0.492 e. The number of halogens is 1. The number of carboxylic acid groups (broad SMARTS) is 1. The number of aliphatic imine (C=N–C) groups is 1. The number of aryl methyl sites for hydroxylation is 2. The lowest BCUT2D eigenvalue weighted by Gasteiger charge is -2.35. The van der Waals surface area contributed by atoms with Gasteiger partial charge >= 0.3 is 5.97 Å². The van der Waals surface area contributed by atoms with Crippen LogP contribution in [0.1, 0.15) is 51.4 Å². The molecule has 58 heavy (non-hydrogen) atoms. The smallest absolute Gasteiger partial charge is 0.322 e. The molecule has 0 aliphatic carbocycles. The summed E-state index contributed by atoms with van der Waals surface area (Å²) in [5, 5.41) is 26.4. The number of hydrogen-bond acceptors (Lipinski definition) is 11. The summed E-state index contributed by atoms with van der Waals surface area (Å²) in [4.78, 5) is 52.2. The number of carboxylic acids is 1. The lowest BCUT2D eigenvalue weighted by molar-refractivity contribution is -0.137. The van der Waals surface area contributed by atoms with Crippen molar-refractivity contribution < 1.29 is 24.2 Å². The predicted molar refractivity (Wildman–Crippen MR) is 226 cm³/mol. The molecule has 0 saturated carbocycles. The third-order valence-electron chi connectivity index (χ3n) is 10.5. The van der Waals surface area contributed by atoms with Gasteiger partial charge in [-0.15, -0.1) is 32.9 Å². The molecule has 2 aliphatic heterocycles. The highest BCUT2D eigenvalue weighted by Crippen LogP contribution is 2.40. The topological polar surface area (TPSA) is 155 Å². The fourth-order valence-corrected chi connectivity index (χ4v) is 9.51. The maximum absolute atomic E-state index is 14.0. The molecule has 0 spiro atoms. The molecule has 6 aromatic rings. The molecule has 0 bridgehead atoms. The number of piperazine rings is 1. The number of hydrogen-bond donors (Lipinski definition) is 2. The first-order valence-corrected chi connectivity index (χ1v) is 21.0. The maximum atomic E-state index is 14.0. The van der Waals surface area contributed by atoms with E-state index in [1.54, 1.807) is 11.3 Å². The van der Waals surface area contributed by atoms with Crippen LogP contribution in [-0.2, 0) is 20.8 Å². The average molecular weight is 837 g/mol. The summed E-state index contributed by atoms with van der Waals surface area (Å²) in [6, 6.07) is 19.2. The number of aliphatic carboxylic acids is 1. The first-order chi connectivity index (χ1) is 28.0. The van der Waals surface area contributed by atoms with E-state index in [1.807, 2.05) is 77.9 Å². The van der Waals surface area contributed by atoms with E-state index in [0.29, 0.717) is 42.8 Å². The average Bonchev–Trinajstić information content (AvgIpc) is 3.90. The summed E-state index contributed by atoms with van der Waals surface area (Å²) < 4.78 is 8.43. The van der Waals surface area contributed by atoms with Crippen molar-refractivity contribution in [1.29, 1.82) is 0 Å². The van der Waals surface area contributed by atoms with Gasteiger partial charge in [0, 0.05) is 70.1 Å². The fourth-order valence-electron chi connectivity index (χ4n) is 7.36. The van der Waals surface area contributed by atoms with Crippen molar-refractivity contribution in [2.24, 2.45) is 4.99 Å². The van der Waals surface area contributed by atoms with Crippen molar-refractivity contribution >= 4 is 68.5 Å². The van der Waals surface area contributed by atoms with Crippen LogP contribution in [-0.4, -0.2) is 104 Å². The van der Waals surface area contributed by atoms with Crippen molar-refractivity contribution in [3.63, 3.8) is 0 Å². The highest BCUT2D eigenvalue weighted by atomic mass is 35.5. The molecule has 16 heteroatoms. The fraction of sp³-hybridized carbons (Fsp3) is 0.310. The molecule has 1 saturated heterocycles. The Kier molecular flexibility index (Phi) is 11.4. The summed E-state index contributed by atoms with van der Waals surface area (Å²) >= 11 is 9.39. The van der Waals surface area contributed by atoms with Crippen molar-refractivity contribution in [3.8, 4) is 21.3 Å². The van der Waals surface area contributed by atoms with Crippen molar-refractivity contribution in [2.45, 2.75) is 39.7 Å². The minimum atomic E-state index is -1.09. The monoisotopic (exact) mass is 836 g/mol. The number of thiazole rings is 1. The molecule has 5 heterocycles. The van der Waals surface area contributed by atoms with Gasteiger partial charge in [0.1, 0.15) is 40.8 Å². The second kappa shape index (κ2) is 16.8. The molecular formula is C42H41ClN8O5S2. The Morgan fingerprint density at radius 3 is 2.53 bits per heavy atom. The van der Waals surface area contributed by atoms with Crippen LogP contribution in [0.15, 0.2) is 71.0 Å². The van der Waals surface area contributed by atoms with Gasteiger partial charge in [-0.1, -0.05) is 48.0 Å². The van der Waals surface area contributed by atoms with Gasteiger partial charge in [-0.25, -0.2) is 4.98 Å². The van der Waals surface area contributed by atoms with Gasteiger partial charge in [-0.2, -0.15) is 0 Å². The van der Waals surface area contributed by atoms with Crippen molar-refractivity contribution in [2.75, 3.05) is 45.9 Å². The Morgan fingerprint density at radius 1 is 0.983 bits per heavy atom. The highest BCUT2D eigenvalue weighted by molar-refractivity contribution is 7.15. The quantitative estimate of drug-likeness (QED) is 0.142. The Hall–Kier alpha value is -5.48. The number of rotatable bonds is 12. The van der Waals surface area contributed by atoms with Crippen LogP contribution in [0.25, 0.3) is 26.3 Å². The van der Waals surface area contributed by atoms with E-state index >= 15 is 0 Å². The van der Waals surface area contributed by atoms with Gasteiger partial charge in [-0.3, -0.25) is 28.8 Å². The normalized spacial score (nSPS) is 15.4. The van der Waals surface area contributed by atoms with E-state index in [1.165, 1.54) is 16.2 Å². The zero-order valence-corrected chi connectivity index (χ0v) is 34.6. The molecule has 13 nitrogen and oxygen atoms in total. The minimum absolute atomic E-state index is 0.00881. The van der Waals surface area contributed by atoms with Crippen LogP contribution in [0.4, 0.5) is 0 Å². The number of benzene rings is 3. The molecule has 2 N–H and O–H groups in total. The van der Waals surface area contributed by atoms with Crippen LogP contribution in [0, 0.1) is 20.8 Å². The summed E-state index contributed by atoms with van der Waals surface area (Å²) in [5.41, 5.74) is 5.44. The molecule has 2 aliphatic rings. The number of thiophene rings is 1. The third kappa shape index (κ3) is 8.25. The van der Waals surface area contributed by atoms with E-state index in [0.717, 1.165) is 73.4 Å². The zero-order chi connectivity index (χ0) is 40.5. The maximum Gasteiger partial charge on any atom is 0.322 e. The predicted octanol–water partition coefficient (Wildman–Crippen LogP) is 6.43. The van der Waals surface area contributed by atoms with Crippen LogP contribution in [0.5, 0.6) is 5.75 Å². The molecule has 8 rings (SSSR count). The number of aromatic nitrogens is 4. The standard InChI is InChI=1S/C42H41ClN8O5S2/c1-24-25(2)58-42-38(24)39(28-9-11-30(43)12-10-28)46-33(40-48-47-26(3)51(40)42)21-36(53)50-15-13-49(14-16-50)17-18-56-34-6-4-5-27-7-8-29(19-32(27)34)41-45-31(23-57-41)20-35(52)44-22-37(54)55/h4-12,19,23,33H,13-18,20-22H2,1-3H3,(H,44,52)(H,54,55)/t33-/m0/s1. The molecule has 0 radical (unpaired) electrons. The van der Waals surface area contributed by atoms with Crippen LogP contribution >= 0.6 is 34.3 Å². The molecular weight excluding hydrogens is 796 g/mol. The Labute approximate surface area is 348 Å². The molecule has 2 amide bonds. The minimum Gasteiger partial charge on any atom is -0.492 e. The Morgan fingerprint density at radius 2 is 1.76 bits per heavy atom. The number of fused-ring (bicyclic) bond motifs is 4. The molecule has 0 unspecified atom stereocenters. The van der Waals surface area contributed by atoms with E-state index in [2.05, 4.69) is 43.8 Å². The highest BCUT2D eigenvalue weighted by Gasteiger charge is 2.34. The third-order valence-corrected chi connectivity index (χ3v) is 12.9. The van der Waals surface area contributed by atoms with Gasteiger partial charge in [0.2, 0.25) is 11.8 Å². The van der Waals surface area contributed by atoms with Crippen LogP contribution in [0.3, 0.4) is 0 Å². The van der Waals surface area contributed by atoms with Gasteiger partial charge in [0.05, 0.1) is 24.2 Å². The lowest BCUT2D eigenvalue weighted by Crippen LogP contribution is -2.49. The number of nitrogens with zero attached hydrogens (tertiary/aromatic N) is 7. The zero-order valence-electron chi connectivity index (χ0n) is 32.2. The summed E-state index contributed by atoms with van der Waals surface area (Å²) in [5.74, 6) is 0.747. The number of amides is 2. The lowest BCUT2D eigenvalue weighted by atomic mass is 9.99. The van der Waals surface area contributed by atoms with Gasteiger partial charge in [0.25, 0.3) is 0 Å². The van der Waals surface area contributed by atoms with Crippen molar-refractivity contribution in [3.05, 3.63) is 110 Å². The number of ether oxygens (including phenoxy) is 1. The Bertz CT molecular complexity index is 2560. The second-order valence-electron chi connectivity index (χ2n) is 14.4. The summed E-state index contributed by atoms with van der Waals surface area (Å²) in [6.07, 6.45) is 0.188. The first-order valence-electron chi connectivity index (χ1n) is 19.0. The number of carbonyl (C=O) groups excluding carboxylic acids is 2. The van der Waals surface area contributed by atoms with E-state index in [4.69, 9.17) is 26.4 Å². The van der Waals surface area contributed by atoms with Gasteiger partial charge < -0.3 is 20.1 Å². The van der Waals surface area contributed by atoms with E-state index in [9.17, 15) is 14.4 Å². The first kappa shape index (κ1) is 39.4. The van der Waals surface area contributed by atoms with Crippen LogP contribution in [0.2, 0.25) is 5.02 Å². The SMILES string of the molecule is Cc1sc2c(c1C)C(c1ccc(Cl)cc1)=N[C@@H](CC(=O)N1CCN(CCOc3cccc4ccc(-c5nc(CC(=O)NCC(=O)O)cs5)cc34)CC1)c1nnc(C)n1-2. The molecule has 3 aromatic heterocycles. The van der Waals surface area contributed by atoms with Crippen LogP contribution < -0.4 is 10.1 Å². The molecule has 1 atom stereocenters. The van der Waals surface area contributed by atoms with Gasteiger partial charge in [-0.05, 0) is 56.0 Å². The summed E-state index contributed by atoms with van der Waals surface area (Å²) in [6.45, 7) is 9.59.